The van der Waals surface area contributed by atoms with E-state index in [1.807, 2.05) is 6.07 Å². The summed E-state index contributed by atoms with van der Waals surface area (Å²) in [5, 5.41) is 19.9. The molecule has 2 aliphatic heterocycles. The lowest BCUT2D eigenvalue weighted by molar-refractivity contribution is -0.141. The van der Waals surface area contributed by atoms with Crippen molar-refractivity contribution in [1.82, 2.24) is 9.88 Å². The smallest absolute Gasteiger partial charge is 0.298 e. The number of benzene rings is 1. The molecule has 0 saturated carbocycles. The molecule has 1 aromatic carbocycles. The van der Waals surface area contributed by atoms with Crippen LogP contribution in [0.25, 0.3) is 11.1 Å². The summed E-state index contributed by atoms with van der Waals surface area (Å²) in [6.45, 7) is 2.29. The summed E-state index contributed by atoms with van der Waals surface area (Å²) in [6.07, 6.45) is 1.47. The summed E-state index contributed by atoms with van der Waals surface area (Å²) >= 11 is 5.99. The van der Waals surface area contributed by atoms with Crippen molar-refractivity contribution in [3.8, 4) is 0 Å². The summed E-state index contributed by atoms with van der Waals surface area (Å²) in [6, 6.07) is 5.94. The van der Waals surface area contributed by atoms with Crippen LogP contribution >= 0.6 is 11.6 Å². The largest absolute Gasteiger partial charge is 0.423 e. The molecule has 146 valence electrons. The van der Waals surface area contributed by atoms with Crippen LogP contribution in [0.4, 0.5) is 6.01 Å². The molecule has 27 heavy (non-hydrogen) atoms. The van der Waals surface area contributed by atoms with Crippen LogP contribution in [0.5, 0.6) is 0 Å². The fourth-order valence-electron chi connectivity index (χ4n) is 3.99. The highest BCUT2D eigenvalue weighted by atomic mass is 35.5. The van der Waals surface area contributed by atoms with Gasteiger partial charge in [0.25, 0.3) is 6.01 Å². The van der Waals surface area contributed by atoms with Crippen molar-refractivity contribution in [2.24, 2.45) is 11.8 Å². The van der Waals surface area contributed by atoms with Gasteiger partial charge in [-0.3, -0.25) is 4.79 Å². The second-order valence-electron chi connectivity index (χ2n) is 7.45. The Morgan fingerprint density at radius 3 is 2.74 bits per heavy atom. The Morgan fingerprint density at radius 2 is 2.04 bits per heavy atom. The number of anilines is 1. The SMILES string of the molecule is O=C(C1CCN(c2nc3ccc(Cl)cc3o2)CC1)N1CC[C@H](CO)[C@@H](O)C1. The highest BCUT2D eigenvalue weighted by Crippen LogP contribution is 2.29. The minimum absolute atomic E-state index is 0.0305. The van der Waals surface area contributed by atoms with Gasteiger partial charge in [-0.2, -0.15) is 4.98 Å². The zero-order valence-corrected chi connectivity index (χ0v) is 15.8. The maximum Gasteiger partial charge on any atom is 0.298 e. The van der Waals surface area contributed by atoms with Crippen LogP contribution in [0.15, 0.2) is 22.6 Å². The number of hydrogen-bond donors (Lipinski definition) is 2. The van der Waals surface area contributed by atoms with E-state index in [0.717, 1.165) is 18.4 Å². The highest BCUT2D eigenvalue weighted by molar-refractivity contribution is 6.31. The third kappa shape index (κ3) is 3.77. The number of likely N-dealkylation sites (tertiary alicyclic amines) is 1. The molecule has 2 saturated heterocycles. The number of aliphatic hydroxyl groups excluding tert-OH is 2. The molecular formula is C19H24ClN3O4. The van der Waals surface area contributed by atoms with Gasteiger partial charge in [0.15, 0.2) is 5.58 Å². The fourth-order valence-corrected chi connectivity index (χ4v) is 4.15. The zero-order chi connectivity index (χ0) is 19.0. The summed E-state index contributed by atoms with van der Waals surface area (Å²) < 4.78 is 5.82. The number of fused-ring (bicyclic) bond motifs is 1. The quantitative estimate of drug-likeness (QED) is 0.827. The third-order valence-electron chi connectivity index (χ3n) is 5.72. The minimum Gasteiger partial charge on any atom is -0.423 e. The maximum atomic E-state index is 12.8. The van der Waals surface area contributed by atoms with E-state index in [9.17, 15) is 15.0 Å². The molecule has 1 amide bonds. The molecule has 2 aliphatic rings. The predicted octanol–water partition coefficient (Wildman–Crippen LogP) is 1.90. The van der Waals surface area contributed by atoms with E-state index in [0.29, 0.717) is 49.2 Å². The first-order chi connectivity index (χ1) is 13.0. The van der Waals surface area contributed by atoms with E-state index in [1.165, 1.54) is 0 Å². The van der Waals surface area contributed by atoms with Crippen LogP contribution in [0, 0.1) is 11.8 Å². The molecule has 4 rings (SSSR count). The Bertz CT molecular complexity index is 818. The second-order valence-corrected chi connectivity index (χ2v) is 7.89. The number of aromatic nitrogens is 1. The molecule has 0 bridgehead atoms. The average molecular weight is 394 g/mol. The van der Waals surface area contributed by atoms with Crippen LogP contribution in [-0.2, 0) is 4.79 Å². The zero-order valence-electron chi connectivity index (χ0n) is 15.1. The lowest BCUT2D eigenvalue weighted by Crippen LogP contribution is -2.50. The van der Waals surface area contributed by atoms with Gasteiger partial charge in [-0.05, 0) is 31.4 Å². The Labute approximate surface area is 162 Å². The molecule has 2 atom stereocenters. The second kappa shape index (κ2) is 7.66. The molecule has 2 fully saturated rings. The number of nitrogens with zero attached hydrogens (tertiary/aromatic N) is 3. The first-order valence-corrected chi connectivity index (χ1v) is 9.81. The molecular weight excluding hydrogens is 370 g/mol. The normalized spacial score (nSPS) is 24.6. The van der Waals surface area contributed by atoms with Crippen LogP contribution in [0.2, 0.25) is 5.02 Å². The summed E-state index contributed by atoms with van der Waals surface area (Å²) in [5.41, 5.74) is 1.43. The van der Waals surface area contributed by atoms with E-state index in [1.54, 1.807) is 17.0 Å². The van der Waals surface area contributed by atoms with Gasteiger partial charge in [0.05, 0.1) is 6.10 Å². The summed E-state index contributed by atoms with van der Waals surface area (Å²) in [4.78, 5) is 21.1. The Hall–Kier alpha value is -1.83. The van der Waals surface area contributed by atoms with Crippen molar-refractivity contribution < 1.29 is 19.4 Å². The molecule has 0 spiro atoms. The molecule has 7 nitrogen and oxygen atoms in total. The Balaban J connectivity index is 1.36. The fraction of sp³-hybridized carbons (Fsp3) is 0.579. The van der Waals surface area contributed by atoms with Crippen molar-refractivity contribution in [2.45, 2.75) is 25.4 Å². The molecule has 0 radical (unpaired) electrons. The number of rotatable bonds is 3. The van der Waals surface area contributed by atoms with E-state index >= 15 is 0 Å². The van der Waals surface area contributed by atoms with Gasteiger partial charge in [-0.25, -0.2) is 0 Å². The number of carbonyl (C=O) groups excluding carboxylic acids is 1. The average Bonchev–Trinajstić information content (AvgIpc) is 3.10. The molecule has 0 unspecified atom stereocenters. The van der Waals surface area contributed by atoms with Crippen LogP contribution in [0.3, 0.4) is 0 Å². The van der Waals surface area contributed by atoms with Crippen LogP contribution in [0.1, 0.15) is 19.3 Å². The van der Waals surface area contributed by atoms with Gasteiger partial charge in [-0.1, -0.05) is 11.6 Å². The van der Waals surface area contributed by atoms with Crippen LogP contribution in [-0.4, -0.2) is 64.9 Å². The van der Waals surface area contributed by atoms with Crippen LogP contribution < -0.4 is 4.90 Å². The number of halogens is 1. The van der Waals surface area contributed by atoms with Crippen molar-refractivity contribution in [2.75, 3.05) is 37.7 Å². The number of aliphatic hydroxyl groups is 2. The van der Waals surface area contributed by atoms with E-state index in [-0.39, 0.29) is 24.3 Å². The molecule has 1 aromatic heterocycles. The Kier molecular flexibility index (Phi) is 5.25. The van der Waals surface area contributed by atoms with Gasteiger partial charge in [0, 0.05) is 55.7 Å². The molecule has 2 aromatic rings. The first-order valence-electron chi connectivity index (χ1n) is 9.44. The number of piperidine rings is 2. The van der Waals surface area contributed by atoms with Gasteiger partial charge < -0.3 is 24.4 Å². The number of oxazole rings is 1. The first kappa shape index (κ1) is 18.5. The maximum absolute atomic E-state index is 12.8. The van der Waals surface area contributed by atoms with E-state index < -0.39 is 6.10 Å². The summed E-state index contributed by atoms with van der Waals surface area (Å²) in [5.74, 6) is -0.0593. The van der Waals surface area contributed by atoms with Crippen molar-refractivity contribution in [3.63, 3.8) is 0 Å². The topological polar surface area (TPSA) is 90.0 Å². The monoisotopic (exact) mass is 393 g/mol. The highest BCUT2D eigenvalue weighted by Gasteiger charge is 2.34. The predicted molar refractivity (Wildman–Crippen MR) is 102 cm³/mol. The van der Waals surface area contributed by atoms with Gasteiger partial charge in [0.2, 0.25) is 5.91 Å². The molecule has 3 heterocycles. The Morgan fingerprint density at radius 1 is 1.26 bits per heavy atom. The van der Waals surface area contributed by atoms with Gasteiger partial charge >= 0.3 is 0 Å². The van der Waals surface area contributed by atoms with E-state index in [2.05, 4.69) is 9.88 Å². The van der Waals surface area contributed by atoms with Crippen molar-refractivity contribution >= 4 is 34.6 Å². The lowest BCUT2D eigenvalue weighted by atomic mass is 9.91. The number of carbonyl (C=O) groups is 1. The lowest BCUT2D eigenvalue weighted by Gasteiger charge is -2.38. The van der Waals surface area contributed by atoms with E-state index in [4.69, 9.17) is 16.0 Å². The van der Waals surface area contributed by atoms with Gasteiger partial charge in [-0.15, -0.1) is 0 Å². The number of hydrogen-bond acceptors (Lipinski definition) is 6. The number of amides is 1. The van der Waals surface area contributed by atoms with Gasteiger partial charge in [0.1, 0.15) is 5.52 Å². The van der Waals surface area contributed by atoms with Crippen molar-refractivity contribution in [3.05, 3.63) is 23.2 Å². The standard InChI is InChI=1S/C19H24ClN3O4/c20-14-1-2-15-17(9-14)27-19(21-15)22-6-3-12(4-7-22)18(26)23-8-5-13(11-24)16(25)10-23/h1-2,9,12-13,16,24-25H,3-8,10-11H2/t13-,16+/m1/s1. The molecule has 2 N–H and O–H groups in total. The molecule has 8 heteroatoms. The van der Waals surface area contributed by atoms with Crippen molar-refractivity contribution in [1.29, 1.82) is 0 Å². The number of β-amino-alcohol motifs (C(OH)–C–C–N with tert-alkyl or cyclic N) is 1. The third-order valence-corrected chi connectivity index (χ3v) is 5.96. The molecule has 0 aliphatic carbocycles. The minimum atomic E-state index is -0.639. The summed E-state index contributed by atoms with van der Waals surface area (Å²) in [7, 11) is 0.